The molecule has 0 aliphatic rings. The van der Waals surface area contributed by atoms with Crippen LogP contribution in [0, 0.1) is 0 Å². The van der Waals surface area contributed by atoms with Gasteiger partial charge >= 0.3 is 10.9 Å². The van der Waals surface area contributed by atoms with Gasteiger partial charge in [0.2, 0.25) is 0 Å². The molecule has 6 heteroatoms. The Hall–Kier alpha value is -0.740. The Morgan fingerprint density at radius 2 is 1.00 bits per heavy atom. The maximum Gasteiger partial charge on any atom is 0.401 e. The lowest BCUT2D eigenvalue weighted by molar-refractivity contribution is 0.219. The highest BCUT2D eigenvalue weighted by molar-refractivity contribution is 6.60. The molecule has 0 fully saturated rings. The molecule has 0 heterocycles. The van der Waals surface area contributed by atoms with Crippen LogP contribution in [0.25, 0.3) is 0 Å². The molecular weight excluding hydrogens is 183 g/mol. The van der Waals surface area contributed by atoms with Crippen molar-refractivity contribution in [2.45, 2.75) is 0 Å². The molecule has 60 valence electrons. The monoisotopic (exact) mass is 188 g/mol. The lowest BCUT2D eigenvalue weighted by Crippen LogP contribution is -1.66. The molecule has 2 N–H and O–H groups in total. The predicted octanol–water partition coefficient (Wildman–Crippen LogP) is 2.61. The zero-order valence-electron chi connectivity index (χ0n) is 4.88. The van der Waals surface area contributed by atoms with Gasteiger partial charge in [0, 0.05) is 23.2 Å². The fourth-order valence-corrected chi connectivity index (χ4v) is 0. The van der Waals surface area contributed by atoms with Crippen LogP contribution < -0.4 is 0 Å². The van der Waals surface area contributed by atoms with Crippen LogP contribution in [-0.4, -0.2) is 21.1 Å². The van der Waals surface area contributed by atoms with Crippen molar-refractivity contribution in [2.75, 3.05) is 0 Å². The lowest BCUT2D eigenvalue weighted by atomic mass is 11.3. The first kappa shape index (κ1) is 16.1. The number of halogens is 2. The molecule has 0 atom stereocenters. The second-order valence-corrected chi connectivity index (χ2v) is 1.15. The molecule has 0 aromatic heterocycles. The van der Waals surface area contributed by atoms with E-state index >= 15 is 0 Å². The first-order chi connectivity index (χ1) is 4.46. The van der Waals surface area contributed by atoms with Crippen LogP contribution in [0.4, 0.5) is 9.59 Å². The summed E-state index contributed by atoms with van der Waals surface area (Å²) in [5, 5.41) is 14.4. The van der Waals surface area contributed by atoms with E-state index in [0.29, 0.717) is 0 Å². The van der Waals surface area contributed by atoms with Crippen LogP contribution in [0.2, 0.25) is 0 Å². The molecule has 0 aliphatic heterocycles. The van der Waals surface area contributed by atoms with Gasteiger partial charge in [-0.3, -0.25) is 0 Å². The Balaban J connectivity index is -0.0000000787. The third kappa shape index (κ3) is 520. The van der Waals surface area contributed by atoms with E-state index in [1.165, 1.54) is 0 Å². The van der Waals surface area contributed by atoms with E-state index in [4.69, 9.17) is 19.8 Å². The molecule has 0 amide bonds. The summed E-state index contributed by atoms with van der Waals surface area (Å²) >= 11 is 8.38. The van der Waals surface area contributed by atoms with Crippen molar-refractivity contribution in [3.63, 3.8) is 0 Å². The van der Waals surface area contributed by atoms with E-state index in [2.05, 4.69) is 36.4 Å². The van der Waals surface area contributed by atoms with Gasteiger partial charge in [0.15, 0.2) is 0 Å². The fraction of sp³-hybridized carbons (Fsp3) is 0. The average Bonchev–Trinajstić information content (AvgIpc) is 1.66. The van der Waals surface area contributed by atoms with Crippen LogP contribution >= 0.6 is 23.2 Å². The minimum Gasteiger partial charge on any atom is -0.469 e. The predicted molar refractivity (Wildman–Crippen MR) is 39.0 cm³/mol. The van der Waals surface area contributed by atoms with Crippen molar-refractivity contribution in [3.05, 3.63) is 13.2 Å². The van der Waals surface area contributed by atoms with Crippen molar-refractivity contribution >= 4 is 34.1 Å². The van der Waals surface area contributed by atoms with Crippen LogP contribution in [0.3, 0.4) is 0 Å². The standard InChI is InChI=1S/C2H4.2CHClO2/c1-2;2*2-1(3)4/h1-2H2;2*(H,3,4). The molecule has 0 aromatic rings. The minimum absolute atomic E-state index is 1.36. The van der Waals surface area contributed by atoms with Crippen LogP contribution in [0.1, 0.15) is 0 Å². The van der Waals surface area contributed by atoms with Crippen LogP contribution in [0.15, 0.2) is 13.2 Å². The zero-order chi connectivity index (χ0) is 9.15. The van der Waals surface area contributed by atoms with Crippen molar-refractivity contribution < 1.29 is 19.8 Å². The molecular formula is C4H6Cl2O4. The third-order valence-corrected chi connectivity index (χ3v) is 0. The van der Waals surface area contributed by atoms with Gasteiger partial charge in [-0.25, -0.2) is 9.59 Å². The number of rotatable bonds is 0. The summed E-state index contributed by atoms with van der Waals surface area (Å²) in [7, 11) is 0. The molecule has 0 unspecified atom stereocenters. The maximum atomic E-state index is 8.77. The lowest BCUT2D eigenvalue weighted by Gasteiger charge is -1.55. The van der Waals surface area contributed by atoms with E-state index in [0.717, 1.165) is 0 Å². The van der Waals surface area contributed by atoms with Crippen molar-refractivity contribution in [2.24, 2.45) is 0 Å². The fourth-order valence-electron chi connectivity index (χ4n) is 0. The number of carbonyl (C=O) groups is 2. The first-order valence-electron chi connectivity index (χ1n) is 1.73. The highest BCUT2D eigenvalue weighted by atomic mass is 35.5. The summed E-state index contributed by atoms with van der Waals surface area (Å²) in [4.78, 5) is 17.5. The Kier molecular flexibility index (Phi) is 25.4. The second-order valence-electron chi connectivity index (χ2n) is 0.506. The van der Waals surface area contributed by atoms with Gasteiger partial charge in [0.1, 0.15) is 0 Å². The average molecular weight is 189 g/mol. The smallest absolute Gasteiger partial charge is 0.401 e. The van der Waals surface area contributed by atoms with E-state index < -0.39 is 10.9 Å². The molecule has 0 radical (unpaired) electrons. The van der Waals surface area contributed by atoms with Gasteiger partial charge in [0.05, 0.1) is 0 Å². The topological polar surface area (TPSA) is 74.6 Å². The summed E-state index contributed by atoms with van der Waals surface area (Å²) in [5.41, 5.74) is -2.72. The number of hydrogen-bond donors (Lipinski definition) is 2. The molecule has 0 rings (SSSR count). The molecule has 0 aromatic carbocycles. The summed E-state index contributed by atoms with van der Waals surface area (Å²) in [6.45, 7) is 6.00. The normalized spacial score (nSPS) is 5.40. The van der Waals surface area contributed by atoms with Gasteiger partial charge in [-0.05, 0) is 0 Å². The Morgan fingerprint density at radius 3 is 1.00 bits per heavy atom. The highest BCUT2D eigenvalue weighted by Crippen LogP contribution is 1.68. The van der Waals surface area contributed by atoms with Crippen LogP contribution in [-0.2, 0) is 0 Å². The molecule has 0 bridgehead atoms. The molecule has 0 aliphatic carbocycles. The van der Waals surface area contributed by atoms with Crippen molar-refractivity contribution in [3.8, 4) is 0 Å². The highest BCUT2D eigenvalue weighted by Gasteiger charge is 1.71. The Bertz CT molecular complexity index is 83.4. The minimum atomic E-state index is -1.36. The first-order valence-corrected chi connectivity index (χ1v) is 2.49. The van der Waals surface area contributed by atoms with Crippen molar-refractivity contribution in [1.29, 1.82) is 0 Å². The maximum absolute atomic E-state index is 8.77. The molecule has 4 nitrogen and oxygen atoms in total. The number of carboxylic acid groups (broad SMARTS) is 2. The van der Waals surface area contributed by atoms with Gasteiger partial charge in [-0.1, -0.05) is 0 Å². The molecule has 0 saturated carbocycles. The van der Waals surface area contributed by atoms with Gasteiger partial charge in [0.25, 0.3) is 0 Å². The summed E-state index contributed by atoms with van der Waals surface area (Å²) in [6, 6.07) is 0. The Morgan fingerprint density at radius 1 is 1.00 bits per heavy atom. The summed E-state index contributed by atoms with van der Waals surface area (Å²) in [6.07, 6.45) is 0. The third-order valence-electron chi connectivity index (χ3n) is 0. The Labute approximate surface area is 67.7 Å². The van der Waals surface area contributed by atoms with Gasteiger partial charge in [-0.15, -0.1) is 13.2 Å². The molecule has 0 spiro atoms. The number of hydrogen-bond acceptors (Lipinski definition) is 2. The van der Waals surface area contributed by atoms with Gasteiger partial charge < -0.3 is 10.2 Å². The van der Waals surface area contributed by atoms with E-state index in [1.807, 2.05) is 0 Å². The van der Waals surface area contributed by atoms with E-state index in [9.17, 15) is 0 Å². The summed E-state index contributed by atoms with van der Waals surface area (Å²) < 4.78 is 0. The van der Waals surface area contributed by atoms with Crippen molar-refractivity contribution in [1.82, 2.24) is 0 Å². The quantitative estimate of drug-likeness (QED) is 0.453. The SMILES string of the molecule is C=C.O=C(O)Cl.O=C(O)Cl. The van der Waals surface area contributed by atoms with E-state index in [1.54, 1.807) is 0 Å². The largest absolute Gasteiger partial charge is 0.469 e. The second kappa shape index (κ2) is 15.7. The summed E-state index contributed by atoms with van der Waals surface area (Å²) in [5.74, 6) is 0. The van der Waals surface area contributed by atoms with Crippen LogP contribution in [0.5, 0.6) is 0 Å². The zero-order valence-corrected chi connectivity index (χ0v) is 6.39. The molecule has 0 saturated heterocycles. The van der Waals surface area contributed by atoms with Gasteiger partial charge in [-0.2, -0.15) is 0 Å². The van der Waals surface area contributed by atoms with E-state index in [-0.39, 0.29) is 0 Å². The molecule has 10 heavy (non-hydrogen) atoms.